The Morgan fingerprint density at radius 3 is 2.00 bits per heavy atom. The molecule has 0 bridgehead atoms. The highest BCUT2D eigenvalue weighted by atomic mass is 16.6. The van der Waals surface area contributed by atoms with Crippen LogP contribution in [-0.2, 0) is 4.74 Å². The SMILES string of the molecule is C=C(CNC(=O)OC(C)(C)C)c1ccc(C(=O)c2ccccc2)cc1. The number of hydrogen-bond acceptors (Lipinski definition) is 3. The molecule has 130 valence electrons. The summed E-state index contributed by atoms with van der Waals surface area (Å²) in [5, 5.41) is 2.67. The Bertz CT molecular complexity index is 756. The third kappa shape index (κ3) is 5.60. The predicted octanol–water partition coefficient (Wildman–Crippen LogP) is 4.46. The van der Waals surface area contributed by atoms with Gasteiger partial charge >= 0.3 is 6.09 Å². The summed E-state index contributed by atoms with van der Waals surface area (Å²) in [6.07, 6.45) is -0.482. The smallest absolute Gasteiger partial charge is 0.407 e. The Labute approximate surface area is 148 Å². The Morgan fingerprint density at radius 2 is 1.44 bits per heavy atom. The van der Waals surface area contributed by atoms with E-state index in [1.807, 2.05) is 51.1 Å². The number of carbonyl (C=O) groups excluding carboxylic acids is 2. The number of benzene rings is 2. The lowest BCUT2D eigenvalue weighted by Gasteiger charge is -2.20. The zero-order valence-electron chi connectivity index (χ0n) is 14.8. The number of amides is 1. The maximum Gasteiger partial charge on any atom is 0.407 e. The lowest BCUT2D eigenvalue weighted by Crippen LogP contribution is -2.33. The van der Waals surface area contributed by atoms with Crippen molar-refractivity contribution >= 4 is 17.4 Å². The van der Waals surface area contributed by atoms with Crippen molar-refractivity contribution in [3.05, 3.63) is 77.9 Å². The molecule has 2 rings (SSSR count). The van der Waals surface area contributed by atoms with Gasteiger partial charge in [0.2, 0.25) is 0 Å². The van der Waals surface area contributed by atoms with Gasteiger partial charge in [0.1, 0.15) is 5.60 Å². The fraction of sp³-hybridized carbons (Fsp3) is 0.238. The summed E-state index contributed by atoms with van der Waals surface area (Å²) in [7, 11) is 0. The van der Waals surface area contributed by atoms with Gasteiger partial charge in [0.25, 0.3) is 0 Å². The molecule has 0 aliphatic rings. The molecule has 2 aromatic rings. The van der Waals surface area contributed by atoms with Gasteiger partial charge in [-0.1, -0.05) is 61.2 Å². The number of rotatable bonds is 5. The van der Waals surface area contributed by atoms with E-state index in [0.717, 1.165) is 11.1 Å². The molecule has 0 heterocycles. The van der Waals surface area contributed by atoms with Gasteiger partial charge in [-0.05, 0) is 31.9 Å². The molecule has 4 nitrogen and oxygen atoms in total. The van der Waals surface area contributed by atoms with E-state index in [4.69, 9.17) is 4.74 Å². The summed E-state index contributed by atoms with van der Waals surface area (Å²) in [6.45, 7) is 9.68. The van der Waals surface area contributed by atoms with Crippen molar-refractivity contribution in [1.82, 2.24) is 5.32 Å². The predicted molar refractivity (Wildman–Crippen MR) is 99.6 cm³/mol. The van der Waals surface area contributed by atoms with Crippen LogP contribution in [0.2, 0.25) is 0 Å². The molecule has 0 fully saturated rings. The number of ketones is 1. The fourth-order valence-electron chi connectivity index (χ4n) is 2.21. The molecule has 1 N–H and O–H groups in total. The summed E-state index contributed by atoms with van der Waals surface area (Å²) in [5.41, 5.74) is 2.33. The molecule has 2 aromatic carbocycles. The van der Waals surface area contributed by atoms with Gasteiger partial charge in [-0.15, -0.1) is 0 Å². The maximum absolute atomic E-state index is 12.4. The highest BCUT2D eigenvalue weighted by molar-refractivity contribution is 6.09. The van der Waals surface area contributed by atoms with Gasteiger partial charge < -0.3 is 10.1 Å². The molecule has 1 amide bonds. The molecule has 25 heavy (non-hydrogen) atoms. The van der Waals surface area contributed by atoms with E-state index in [-0.39, 0.29) is 12.3 Å². The standard InChI is InChI=1S/C21H23NO3/c1-15(14-22-20(24)25-21(2,3)4)16-10-12-18(13-11-16)19(23)17-8-6-5-7-9-17/h5-13H,1,14H2,2-4H3,(H,22,24). The van der Waals surface area contributed by atoms with E-state index in [9.17, 15) is 9.59 Å². The average Bonchev–Trinajstić information content (AvgIpc) is 2.58. The summed E-state index contributed by atoms with van der Waals surface area (Å²) < 4.78 is 5.19. The average molecular weight is 337 g/mol. The van der Waals surface area contributed by atoms with Crippen molar-refractivity contribution in [3.63, 3.8) is 0 Å². The molecule has 0 saturated heterocycles. The van der Waals surface area contributed by atoms with E-state index in [1.165, 1.54) is 0 Å². The van der Waals surface area contributed by atoms with Crippen LogP contribution in [0.25, 0.3) is 5.57 Å². The number of nitrogens with one attached hydrogen (secondary N) is 1. The van der Waals surface area contributed by atoms with Gasteiger partial charge in [-0.3, -0.25) is 4.79 Å². The number of hydrogen-bond donors (Lipinski definition) is 1. The van der Waals surface area contributed by atoms with Gasteiger partial charge in [0.15, 0.2) is 5.78 Å². The van der Waals surface area contributed by atoms with Crippen molar-refractivity contribution in [3.8, 4) is 0 Å². The molecule has 0 unspecified atom stereocenters. The first kappa shape index (κ1) is 18.5. The van der Waals surface area contributed by atoms with Crippen molar-refractivity contribution in [2.24, 2.45) is 0 Å². The molecular weight excluding hydrogens is 314 g/mol. The number of alkyl carbamates (subject to hydrolysis) is 1. The van der Waals surface area contributed by atoms with Crippen LogP contribution in [-0.4, -0.2) is 24.0 Å². The minimum Gasteiger partial charge on any atom is -0.444 e. The van der Waals surface area contributed by atoms with Gasteiger partial charge in [-0.2, -0.15) is 0 Å². The minimum atomic E-state index is -0.537. The van der Waals surface area contributed by atoms with Crippen molar-refractivity contribution in [2.75, 3.05) is 6.54 Å². The molecule has 0 aromatic heterocycles. The first-order valence-electron chi connectivity index (χ1n) is 8.11. The third-order valence-electron chi connectivity index (χ3n) is 3.44. The molecule has 0 aliphatic carbocycles. The minimum absolute atomic E-state index is 0.0235. The quantitative estimate of drug-likeness (QED) is 0.820. The molecule has 0 atom stereocenters. The summed E-state index contributed by atoms with van der Waals surface area (Å²) >= 11 is 0. The van der Waals surface area contributed by atoms with Crippen LogP contribution in [0.4, 0.5) is 4.79 Å². The van der Waals surface area contributed by atoms with Crippen LogP contribution >= 0.6 is 0 Å². The van der Waals surface area contributed by atoms with Crippen LogP contribution in [0.5, 0.6) is 0 Å². The molecule has 0 aliphatic heterocycles. The summed E-state index contributed by atoms with van der Waals surface area (Å²) in [6, 6.07) is 16.3. The molecule has 0 spiro atoms. The second-order valence-electron chi connectivity index (χ2n) is 6.73. The monoisotopic (exact) mass is 337 g/mol. The first-order valence-corrected chi connectivity index (χ1v) is 8.11. The van der Waals surface area contributed by atoms with Crippen LogP contribution in [0, 0.1) is 0 Å². The number of carbonyl (C=O) groups is 2. The van der Waals surface area contributed by atoms with Crippen molar-refractivity contribution in [1.29, 1.82) is 0 Å². The molecule has 0 saturated carbocycles. The normalized spacial score (nSPS) is 10.8. The Hall–Kier alpha value is -2.88. The fourth-order valence-corrected chi connectivity index (χ4v) is 2.21. The lowest BCUT2D eigenvalue weighted by molar-refractivity contribution is 0.0535. The van der Waals surface area contributed by atoms with Crippen LogP contribution in [0.15, 0.2) is 61.2 Å². The number of ether oxygens (including phenoxy) is 1. The largest absolute Gasteiger partial charge is 0.444 e. The highest BCUT2D eigenvalue weighted by Crippen LogP contribution is 2.16. The first-order chi connectivity index (χ1) is 11.8. The van der Waals surface area contributed by atoms with E-state index >= 15 is 0 Å². The van der Waals surface area contributed by atoms with E-state index in [0.29, 0.717) is 11.1 Å². The highest BCUT2D eigenvalue weighted by Gasteiger charge is 2.16. The van der Waals surface area contributed by atoms with E-state index < -0.39 is 11.7 Å². The summed E-state index contributed by atoms with van der Waals surface area (Å²) in [5.74, 6) is -0.0235. The molecule has 4 heteroatoms. The topological polar surface area (TPSA) is 55.4 Å². The van der Waals surface area contributed by atoms with Crippen molar-refractivity contribution in [2.45, 2.75) is 26.4 Å². The van der Waals surface area contributed by atoms with Gasteiger partial charge in [0.05, 0.1) is 0 Å². The second kappa shape index (κ2) is 7.79. The van der Waals surface area contributed by atoms with Gasteiger partial charge in [0, 0.05) is 17.7 Å². The zero-order chi connectivity index (χ0) is 18.4. The van der Waals surface area contributed by atoms with Crippen LogP contribution in [0.3, 0.4) is 0 Å². The molecule has 0 radical (unpaired) electrons. The zero-order valence-corrected chi connectivity index (χ0v) is 14.8. The molecular formula is C21H23NO3. The van der Waals surface area contributed by atoms with E-state index in [1.54, 1.807) is 24.3 Å². The Morgan fingerprint density at radius 1 is 0.920 bits per heavy atom. The van der Waals surface area contributed by atoms with Crippen molar-refractivity contribution < 1.29 is 14.3 Å². The second-order valence-corrected chi connectivity index (χ2v) is 6.73. The van der Waals surface area contributed by atoms with E-state index in [2.05, 4.69) is 11.9 Å². The van der Waals surface area contributed by atoms with Crippen LogP contribution in [0.1, 0.15) is 42.3 Å². The Balaban J connectivity index is 1.96. The maximum atomic E-state index is 12.4. The summed E-state index contributed by atoms with van der Waals surface area (Å²) in [4.78, 5) is 24.1. The third-order valence-corrected chi connectivity index (χ3v) is 3.44. The van der Waals surface area contributed by atoms with Gasteiger partial charge in [-0.25, -0.2) is 4.79 Å². The lowest BCUT2D eigenvalue weighted by atomic mass is 10.00. The van der Waals surface area contributed by atoms with Crippen LogP contribution < -0.4 is 5.32 Å². The Kier molecular flexibility index (Phi) is 5.75.